The second-order valence-corrected chi connectivity index (χ2v) is 12.1. The molecule has 0 heterocycles. The van der Waals surface area contributed by atoms with Crippen LogP contribution in [0.25, 0.3) is 0 Å². The Hall–Kier alpha value is 1.49. The van der Waals surface area contributed by atoms with Gasteiger partial charge in [0.05, 0.1) is 0 Å². The number of hydrogen-bond acceptors (Lipinski definition) is 5. The minimum Gasteiger partial charge on any atom is -1.00 e. The molecule has 0 saturated heterocycles. The van der Waals surface area contributed by atoms with Gasteiger partial charge in [0.15, 0.2) is 5.78 Å². The maximum Gasteiger partial charge on any atom is 1.00 e. The van der Waals surface area contributed by atoms with Gasteiger partial charge in [-0.25, -0.2) is 0 Å². The SMILES string of the molecule is CCCCCCCCCCC(C(=O)C(CCCCCCCCCC)S(=O)(=O)O)S(=O)(=O)O.[H-].[H-].[Na+].[Na+]. The third-order valence-corrected chi connectivity index (χ3v) is 8.37. The molecular weight excluding hydrogens is 498 g/mol. The Morgan fingerprint density at radius 3 is 1.03 bits per heavy atom. The van der Waals surface area contributed by atoms with E-state index in [2.05, 4.69) is 13.8 Å². The van der Waals surface area contributed by atoms with Crippen LogP contribution in [0.1, 0.15) is 132 Å². The van der Waals surface area contributed by atoms with Gasteiger partial charge in [0.2, 0.25) is 0 Å². The van der Waals surface area contributed by atoms with Crippen molar-refractivity contribution in [2.24, 2.45) is 0 Å². The molecule has 0 bridgehead atoms. The molecule has 0 spiro atoms. The van der Waals surface area contributed by atoms with Gasteiger partial charge in [-0.3, -0.25) is 13.9 Å². The Kier molecular flexibility index (Phi) is 27.8. The van der Waals surface area contributed by atoms with E-state index in [1.807, 2.05) is 0 Å². The smallest absolute Gasteiger partial charge is 1.00 e. The van der Waals surface area contributed by atoms with E-state index in [-0.39, 0.29) is 74.8 Å². The zero-order valence-electron chi connectivity index (χ0n) is 24.1. The van der Waals surface area contributed by atoms with Crippen LogP contribution < -0.4 is 59.1 Å². The first-order valence-corrected chi connectivity index (χ1v) is 15.5. The Morgan fingerprint density at radius 2 is 0.794 bits per heavy atom. The van der Waals surface area contributed by atoms with Crippen LogP contribution in [0, 0.1) is 0 Å². The largest absolute Gasteiger partial charge is 1.00 e. The number of carbonyl (C=O) groups excluding carboxylic acids is 1. The number of hydrogen-bond donors (Lipinski definition) is 2. The maximum atomic E-state index is 12.7. The second kappa shape index (κ2) is 23.6. The molecule has 7 nitrogen and oxygen atoms in total. The minimum absolute atomic E-state index is 0. The van der Waals surface area contributed by atoms with Crippen molar-refractivity contribution < 1.29 is 92.7 Å². The average molecular weight is 547 g/mol. The van der Waals surface area contributed by atoms with Crippen molar-refractivity contribution in [1.29, 1.82) is 0 Å². The van der Waals surface area contributed by atoms with Gasteiger partial charge < -0.3 is 2.85 Å². The monoisotopic (exact) mass is 546 g/mol. The quantitative estimate of drug-likeness (QED) is 0.114. The van der Waals surface area contributed by atoms with Crippen molar-refractivity contribution in [3.05, 3.63) is 0 Å². The van der Waals surface area contributed by atoms with E-state index in [1.165, 1.54) is 12.8 Å². The van der Waals surface area contributed by atoms with E-state index in [9.17, 15) is 30.7 Å². The Morgan fingerprint density at radius 1 is 0.559 bits per heavy atom. The molecule has 0 saturated carbocycles. The van der Waals surface area contributed by atoms with E-state index >= 15 is 0 Å². The van der Waals surface area contributed by atoms with E-state index in [0.717, 1.165) is 64.2 Å². The minimum atomic E-state index is -4.75. The van der Waals surface area contributed by atoms with Crippen molar-refractivity contribution >= 4 is 26.0 Å². The first-order valence-electron chi connectivity index (χ1n) is 12.5. The third-order valence-electron chi connectivity index (χ3n) is 5.99. The molecule has 0 aliphatic heterocycles. The van der Waals surface area contributed by atoms with Gasteiger partial charge >= 0.3 is 59.1 Å². The van der Waals surface area contributed by atoms with Crippen molar-refractivity contribution in [3.63, 3.8) is 0 Å². The summed E-state index contributed by atoms with van der Waals surface area (Å²) in [6.45, 7) is 4.28. The topological polar surface area (TPSA) is 126 Å². The first-order chi connectivity index (χ1) is 15.1. The van der Waals surface area contributed by atoms with Crippen LogP contribution >= 0.6 is 0 Å². The molecule has 0 rings (SSSR count). The zero-order valence-corrected chi connectivity index (χ0v) is 27.8. The van der Waals surface area contributed by atoms with Crippen LogP contribution in [-0.4, -0.2) is 42.2 Å². The van der Waals surface area contributed by atoms with Gasteiger partial charge in [-0.05, 0) is 12.8 Å². The molecule has 2 atom stereocenters. The van der Waals surface area contributed by atoms with Gasteiger partial charge in [-0.1, -0.05) is 117 Å². The molecule has 34 heavy (non-hydrogen) atoms. The maximum absolute atomic E-state index is 12.7. The summed E-state index contributed by atoms with van der Waals surface area (Å²) >= 11 is 0. The van der Waals surface area contributed by atoms with E-state index in [4.69, 9.17) is 0 Å². The Bertz CT molecular complexity index is 651. The summed E-state index contributed by atoms with van der Waals surface area (Å²) in [5.74, 6) is -1.11. The molecule has 0 radical (unpaired) electrons. The molecule has 2 N–H and O–H groups in total. The summed E-state index contributed by atoms with van der Waals surface area (Å²) in [6.07, 6.45) is 15.1. The summed E-state index contributed by atoms with van der Waals surface area (Å²) in [4.78, 5) is 12.7. The van der Waals surface area contributed by atoms with Gasteiger partial charge in [-0.15, -0.1) is 0 Å². The molecule has 0 aromatic carbocycles. The number of carbonyl (C=O) groups is 1. The molecule has 0 fully saturated rings. The number of ketones is 1. The van der Waals surface area contributed by atoms with Crippen LogP contribution in [0.2, 0.25) is 0 Å². The van der Waals surface area contributed by atoms with Gasteiger partial charge in [0.1, 0.15) is 10.5 Å². The molecule has 0 aliphatic rings. The second-order valence-electron chi connectivity index (χ2n) is 8.94. The van der Waals surface area contributed by atoms with Crippen LogP contribution in [0.3, 0.4) is 0 Å². The molecule has 0 aromatic rings. The van der Waals surface area contributed by atoms with Gasteiger partial charge in [0, 0.05) is 0 Å². The Labute approximate surface area is 256 Å². The predicted octanol–water partition coefficient (Wildman–Crippen LogP) is 0.363. The fourth-order valence-electron chi connectivity index (χ4n) is 4.01. The van der Waals surface area contributed by atoms with Crippen molar-refractivity contribution in [1.82, 2.24) is 0 Å². The summed E-state index contributed by atoms with van der Waals surface area (Å²) in [5, 5.41) is -3.60. The normalized spacial score (nSPS) is 13.5. The van der Waals surface area contributed by atoms with E-state index in [1.54, 1.807) is 0 Å². The molecule has 11 heteroatoms. The van der Waals surface area contributed by atoms with Crippen molar-refractivity contribution in [2.75, 3.05) is 0 Å². The molecular formula is C23H48Na2O7S2. The number of unbranched alkanes of at least 4 members (excludes halogenated alkanes) is 14. The third kappa shape index (κ3) is 20.5. The average Bonchev–Trinajstić information content (AvgIpc) is 2.69. The van der Waals surface area contributed by atoms with Crippen molar-refractivity contribution in [3.8, 4) is 0 Å². The first kappa shape index (κ1) is 40.0. The molecule has 0 amide bonds. The van der Waals surface area contributed by atoms with Crippen LogP contribution in [0.4, 0.5) is 0 Å². The molecule has 2 unspecified atom stereocenters. The van der Waals surface area contributed by atoms with Crippen LogP contribution in [-0.2, 0) is 25.0 Å². The molecule has 0 aromatic heterocycles. The standard InChI is InChI=1S/C23H46O7S2.2Na.2H/c1-3-5-7-9-11-13-15-17-19-21(31(25,26)27)23(24)22(32(28,29)30)20-18-16-14-12-10-8-6-4-2;;;;/h21-22H,3-20H2,1-2H3,(H,25,26,27)(H,28,29,30);;;;/q;2*+1;2*-1. The predicted molar refractivity (Wildman–Crippen MR) is 132 cm³/mol. The number of rotatable bonds is 22. The summed E-state index contributed by atoms with van der Waals surface area (Å²) < 4.78 is 66.3. The van der Waals surface area contributed by atoms with Gasteiger partial charge in [0.25, 0.3) is 20.2 Å². The molecule has 0 aliphatic carbocycles. The van der Waals surface area contributed by atoms with Crippen LogP contribution in [0.15, 0.2) is 0 Å². The van der Waals surface area contributed by atoms with E-state index < -0.39 is 36.5 Å². The molecule has 196 valence electrons. The summed E-state index contributed by atoms with van der Waals surface area (Å²) in [6, 6.07) is 0. The van der Waals surface area contributed by atoms with Crippen LogP contribution in [0.5, 0.6) is 0 Å². The fourth-order valence-corrected chi connectivity index (χ4v) is 5.94. The Balaban J connectivity index is -0.000000801. The summed E-state index contributed by atoms with van der Waals surface area (Å²) in [7, 11) is -9.49. The van der Waals surface area contributed by atoms with Crippen molar-refractivity contribution in [2.45, 2.75) is 140 Å². The zero-order chi connectivity index (χ0) is 24.5. The van der Waals surface area contributed by atoms with E-state index in [0.29, 0.717) is 25.7 Å². The summed E-state index contributed by atoms with van der Waals surface area (Å²) in [5.41, 5.74) is 0. The number of Topliss-reactive ketones (excluding diaryl/α,β-unsaturated/α-hetero) is 1. The van der Waals surface area contributed by atoms with Gasteiger partial charge in [-0.2, -0.15) is 16.8 Å². The fraction of sp³-hybridized carbons (Fsp3) is 0.957.